The first-order valence-electron chi connectivity index (χ1n) is 8.61. The number of pyridine rings is 1. The molecule has 0 saturated heterocycles. The lowest BCUT2D eigenvalue weighted by Crippen LogP contribution is -2.45. The molecule has 1 aromatic carbocycles. The summed E-state index contributed by atoms with van der Waals surface area (Å²) >= 11 is 0. The Kier molecular flexibility index (Phi) is 4.79. The van der Waals surface area contributed by atoms with Crippen LogP contribution < -0.4 is 10.6 Å². The molecule has 2 amide bonds. The van der Waals surface area contributed by atoms with Crippen molar-refractivity contribution < 1.29 is 9.59 Å². The van der Waals surface area contributed by atoms with E-state index in [1.54, 1.807) is 6.92 Å². The van der Waals surface area contributed by atoms with Gasteiger partial charge in [0, 0.05) is 17.6 Å². The molecule has 126 valence electrons. The third-order valence-electron chi connectivity index (χ3n) is 4.44. The molecule has 1 unspecified atom stereocenters. The summed E-state index contributed by atoms with van der Waals surface area (Å²) in [6.07, 6.45) is 3.67. The lowest BCUT2D eigenvalue weighted by molar-refractivity contribution is -0.122. The fraction of sp³-hybridized carbons (Fsp3) is 0.421. The van der Waals surface area contributed by atoms with Gasteiger partial charge in [0.1, 0.15) is 6.04 Å². The molecule has 1 aliphatic rings. The number of hydrogen-bond donors (Lipinski definition) is 2. The van der Waals surface area contributed by atoms with E-state index >= 15 is 0 Å². The predicted octanol–water partition coefficient (Wildman–Crippen LogP) is 2.37. The van der Waals surface area contributed by atoms with Crippen molar-refractivity contribution in [1.29, 1.82) is 0 Å². The second-order valence-electron chi connectivity index (χ2n) is 6.27. The number of para-hydroxylation sites is 1. The van der Waals surface area contributed by atoms with Crippen LogP contribution in [-0.2, 0) is 17.6 Å². The number of fused-ring (bicyclic) bond motifs is 2. The van der Waals surface area contributed by atoms with Gasteiger partial charge in [-0.2, -0.15) is 0 Å². The molecule has 2 aromatic rings. The average Bonchev–Trinajstić information content (AvgIpc) is 3.04. The smallest absolute Gasteiger partial charge is 0.252 e. The fourth-order valence-corrected chi connectivity index (χ4v) is 3.21. The lowest BCUT2D eigenvalue weighted by atomic mass is 10.0. The Hall–Kier alpha value is -2.43. The third-order valence-corrected chi connectivity index (χ3v) is 4.44. The Morgan fingerprint density at radius 3 is 2.83 bits per heavy atom. The predicted molar refractivity (Wildman–Crippen MR) is 94.0 cm³/mol. The second kappa shape index (κ2) is 6.99. The molecule has 0 saturated carbocycles. The minimum Gasteiger partial charge on any atom is -0.354 e. The van der Waals surface area contributed by atoms with Crippen molar-refractivity contribution in [3.05, 3.63) is 41.1 Å². The molecule has 24 heavy (non-hydrogen) atoms. The van der Waals surface area contributed by atoms with E-state index in [1.165, 1.54) is 0 Å². The lowest BCUT2D eigenvalue weighted by Gasteiger charge is -2.17. The fourth-order valence-electron chi connectivity index (χ4n) is 3.21. The van der Waals surface area contributed by atoms with Gasteiger partial charge in [0.2, 0.25) is 5.91 Å². The van der Waals surface area contributed by atoms with E-state index in [0.717, 1.165) is 47.8 Å². The highest BCUT2D eigenvalue weighted by atomic mass is 16.2. The van der Waals surface area contributed by atoms with Gasteiger partial charge in [0.15, 0.2) is 0 Å². The van der Waals surface area contributed by atoms with Crippen LogP contribution in [0.15, 0.2) is 24.3 Å². The summed E-state index contributed by atoms with van der Waals surface area (Å²) in [6, 6.07) is 7.14. The van der Waals surface area contributed by atoms with Crippen LogP contribution in [-0.4, -0.2) is 29.4 Å². The number of carbonyl (C=O) groups excluding carboxylic acids is 2. The summed E-state index contributed by atoms with van der Waals surface area (Å²) in [5.41, 5.74) is 3.57. The van der Waals surface area contributed by atoms with Crippen LogP contribution in [0.3, 0.4) is 0 Å². The van der Waals surface area contributed by atoms with Crippen molar-refractivity contribution in [2.24, 2.45) is 0 Å². The van der Waals surface area contributed by atoms with E-state index in [-0.39, 0.29) is 11.8 Å². The molecule has 0 bridgehead atoms. The van der Waals surface area contributed by atoms with Crippen molar-refractivity contribution in [1.82, 2.24) is 15.6 Å². The first-order chi connectivity index (χ1) is 11.6. The monoisotopic (exact) mass is 325 g/mol. The van der Waals surface area contributed by atoms with Gasteiger partial charge >= 0.3 is 0 Å². The highest BCUT2D eigenvalue weighted by molar-refractivity contribution is 6.08. The average molecular weight is 325 g/mol. The van der Waals surface area contributed by atoms with Gasteiger partial charge in [-0.15, -0.1) is 0 Å². The third kappa shape index (κ3) is 3.11. The zero-order valence-corrected chi connectivity index (χ0v) is 14.2. The zero-order valence-electron chi connectivity index (χ0n) is 14.2. The molecule has 1 aromatic heterocycles. The molecule has 3 rings (SSSR count). The van der Waals surface area contributed by atoms with Crippen LogP contribution in [0.1, 0.15) is 48.3 Å². The Bertz CT molecular complexity index is 786. The molecule has 0 radical (unpaired) electrons. The maximum Gasteiger partial charge on any atom is 0.252 e. The van der Waals surface area contributed by atoms with Crippen LogP contribution >= 0.6 is 0 Å². The van der Waals surface area contributed by atoms with Crippen LogP contribution in [0.4, 0.5) is 0 Å². The van der Waals surface area contributed by atoms with Crippen LogP contribution in [0.5, 0.6) is 0 Å². The van der Waals surface area contributed by atoms with Gasteiger partial charge < -0.3 is 10.6 Å². The molecule has 0 spiro atoms. The minimum absolute atomic E-state index is 0.153. The van der Waals surface area contributed by atoms with Gasteiger partial charge in [-0.25, -0.2) is 0 Å². The maximum absolute atomic E-state index is 12.9. The molecule has 0 fully saturated rings. The number of hydrogen-bond acceptors (Lipinski definition) is 3. The largest absolute Gasteiger partial charge is 0.354 e. The summed E-state index contributed by atoms with van der Waals surface area (Å²) in [7, 11) is 0. The summed E-state index contributed by atoms with van der Waals surface area (Å²) in [4.78, 5) is 29.6. The standard InChI is InChI=1S/C19H23N3O2/c1-3-11-20-18(23)12(2)21-19(24)17-13-7-4-5-9-15(13)22-16-10-6-8-14(16)17/h4-5,7,9,12H,3,6,8,10-11H2,1-2H3,(H,20,23)(H,21,24). The normalized spacial score (nSPS) is 14.2. The number of carbonyl (C=O) groups is 2. The van der Waals surface area contributed by atoms with Crippen LogP contribution in [0, 0.1) is 0 Å². The van der Waals surface area contributed by atoms with E-state index in [1.807, 2.05) is 31.2 Å². The quantitative estimate of drug-likeness (QED) is 0.886. The Balaban J connectivity index is 1.91. The maximum atomic E-state index is 12.9. The van der Waals surface area contributed by atoms with Crippen molar-refractivity contribution in [3.63, 3.8) is 0 Å². The van der Waals surface area contributed by atoms with Crippen LogP contribution in [0.2, 0.25) is 0 Å². The number of benzene rings is 1. The number of amides is 2. The molecule has 1 heterocycles. The van der Waals surface area contributed by atoms with E-state index in [9.17, 15) is 9.59 Å². The number of aromatic nitrogens is 1. The number of nitrogens with zero attached hydrogens (tertiary/aromatic N) is 1. The molecule has 5 heteroatoms. The van der Waals surface area contributed by atoms with Crippen molar-refractivity contribution in [2.75, 3.05) is 6.54 Å². The van der Waals surface area contributed by atoms with Gasteiger partial charge in [-0.05, 0) is 44.2 Å². The zero-order chi connectivity index (χ0) is 17.1. The molecule has 0 aliphatic heterocycles. The van der Waals surface area contributed by atoms with E-state index in [2.05, 4.69) is 10.6 Å². The Morgan fingerprint density at radius 2 is 2.04 bits per heavy atom. The minimum atomic E-state index is -0.562. The topological polar surface area (TPSA) is 71.1 Å². The van der Waals surface area contributed by atoms with E-state index in [4.69, 9.17) is 4.98 Å². The van der Waals surface area contributed by atoms with Gasteiger partial charge in [0.25, 0.3) is 5.91 Å². The second-order valence-corrected chi connectivity index (χ2v) is 6.27. The van der Waals surface area contributed by atoms with Crippen molar-refractivity contribution in [3.8, 4) is 0 Å². The van der Waals surface area contributed by atoms with Gasteiger partial charge in [-0.1, -0.05) is 25.1 Å². The molecular weight excluding hydrogens is 302 g/mol. The first kappa shape index (κ1) is 16.4. The summed E-state index contributed by atoms with van der Waals surface area (Å²) in [5, 5.41) is 6.52. The number of aryl methyl sites for hydroxylation is 1. The van der Waals surface area contributed by atoms with E-state index in [0.29, 0.717) is 12.1 Å². The molecule has 2 N–H and O–H groups in total. The van der Waals surface area contributed by atoms with Crippen molar-refractivity contribution in [2.45, 2.75) is 45.6 Å². The van der Waals surface area contributed by atoms with Gasteiger partial charge in [0.05, 0.1) is 11.1 Å². The van der Waals surface area contributed by atoms with Gasteiger partial charge in [-0.3, -0.25) is 14.6 Å². The van der Waals surface area contributed by atoms with Crippen LogP contribution in [0.25, 0.3) is 10.9 Å². The van der Waals surface area contributed by atoms with Crippen molar-refractivity contribution >= 4 is 22.7 Å². The molecular formula is C19H23N3O2. The highest BCUT2D eigenvalue weighted by Gasteiger charge is 2.25. The molecule has 1 atom stereocenters. The number of nitrogens with one attached hydrogen (secondary N) is 2. The summed E-state index contributed by atoms with van der Waals surface area (Å²) < 4.78 is 0. The highest BCUT2D eigenvalue weighted by Crippen LogP contribution is 2.29. The molecule has 5 nitrogen and oxygen atoms in total. The summed E-state index contributed by atoms with van der Waals surface area (Å²) in [5.74, 6) is -0.342. The Morgan fingerprint density at radius 1 is 1.25 bits per heavy atom. The van der Waals surface area contributed by atoms with E-state index < -0.39 is 6.04 Å². The Labute approximate surface area is 141 Å². The summed E-state index contributed by atoms with van der Waals surface area (Å²) in [6.45, 7) is 4.33. The SMILES string of the molecule is CCCNC(=O)C(C)NC(=O)c1c2c(nc3ccccc13)CCC2. The number of rotatable bonds is 5. The molecule has 1 aliphatic carbocycles. The first-order valence-corrected chi connectivity index (χ1v) is 8.61.